The summed E-state index contributed by atoms with van der Waals surface area (Å²) in [6.45, 7) is 4.03. The summed E-state index contributed by atoms with van der Waals surface area (Å²) in [5.74, 6) is -5.61. The lowest BCUT2D eigenvalue weighted by atomic mass is 9.90. The Morgan fingerprint density at radius 1 is 1.00 bits per heavy atom. The third-order valence-electron chi connectivity index (χ3n) is 4.28. The van der Waals surface area contributed by atoms with E-state index >= 15 is 0 Å². The maximum atomic E-state index is 13.7. The molecule has 132 valence electrons. The molecule has 24 heavy (non-hydrogen) atoms. The molecule has 1 aliphatic heterocycles. The van der Waals surface area contributed by atoms with E-state index in [0.29, 0.717) is 13.1 Å². The molecule has 1 heterocycles. The molecule has 1 aromatic rings. The van der Waals surface area contributed by atoms with Crippen molar-refractivity contribution in [1.29, 1.82) is 0 Å². The van der Waals surface area contributed by atoms with Crippen LogP contribution in [0.1, 0.15) is 39.5 Å². The maximum absolute atomic E-state index is 13.7. The number of benzene rings is 1. The van der Waals surface area contributed by atoms with E-state index in [4.69, 9.17) is 0 Å². The second-order valence-corrected chi connectivity index (χ2v) is 6.51. The second-order valence-electron chi connectivity index (χ2n) is 6.51. The molecular formula is C17H21F3N2O2. The number of halogens is 3. The zero-order chi connectivity index (χ0) is 17.9. The molecule has 0 atom stereocenters. The van der Waals surface area contributed by atoms with Crippen molar-refractivity contribution in [3.63, 3.8) is 0 Å². The fraction of sp³-hybridized carbons (Fsp3) is 0.529. The molecule has 4 nitrogen and oxygen atoms in total. The maximum Gasteiger partial charge on any atom is 0.239 e. The number of carbonyl (C=O) groups excluding carboxylic acids is 2. The monoisotopic (exact) mass is 342 g/mol. The van der Waals surface area contributed by atoms with E-state index in [9.17, 15) is 22.8 Å². The van der Waals surface area contributed by atoms with Gasteiger partial charge in [0.05, 0.1) is 5.69 Å². The molecule has 0 aliphatic carbocycles. The predicted molar refractivity (Wildman–Crippen MR) is 83.8 cm³/mol. The van der Waals surface area contributed by atoms with E-state index < -0.39 is 34.5 Å². The molecule has 1 saturated heterocycles. The fourth-order valence-corrected chi connectivity index (χ4v) is 2.67. The van der Waals surface area contributed by atoms with Gasteiger partial charge in [-0.2, -0.15) is 0 Å². The molecule has 0 unspecified atom stereocenters. The normalized spacial score (nSPS) is 15.8. The van der Waals surface area contributed by atoms with Gasteiger partial charge in [-0.3, -0.25) is 9.59 Å². The van der Waals surface area contributed by atoms with Gasteiger partial charge in [0.25, 0.3) is 0 Å². The van der Waals surface area contributed by atoms with Gasteiger partial charge >= 0.3 is 0 Å². The highest BCUT2D eigenvalue weighted by molar-refractivity contribution is 6.09. The Balaban J connectivity index is 2.15. The van der Waals surface area contributed by atoms with Gasteiger partial charge in [-0.15, -0.1) is 0 Å². The van der Waals surface area contributed by atoms with Gasteiger partial charge in [-0.1, -0.05) is 12.8 Å². The predicted octanol–water partition coefficient (Wildman–Crippen LogP) is 3.47. The lowest BCUT2D eigenvalue weighted by Crippen LogP contribution is -2.47. The van der Waals surface area contributed by atoms with Crippen LogP contribution in [0.3, 0.4) is 0 Å². The molecule has 1 aromatic carbocycles. The Kier molecular flexibility index (Phi) is 5.51. The molecule has 0 aromatic heterocycles. The summed E-state index contributed by atoms with van der Waals surface area (Å²) in [4.78, 5) is 26.7. The fourth-order valence-electron chi connectivity index (χ4n) is 2.67. The smallest absolute Gasteiger partial charge is 0.239 e. The topological polar surface area (TPSA) is 49.4 Å². The number of likely N-dealkylation sites (tertiary alicyclic amines) is 1. The van der Waals surface area contributed by atoms with Gasteiger partial charge < -0.3 is 10.2 Å². The van der Waals surface area contributed by atoms with Gasteiger partial charge in [0.2, 0.25) is 11.8 Å². The van der Waals surface area contributed by atoms with Crippen molar-refractivity contribution in [2.24, 2.45) is 5.41 Å². The van der Waals surface area contributed by atoms with Crippen molar-refractivity contribution in [2.75, 3.05) is 18.4 Å². The molecule has 0 bridgehead atoms. The number of hydrogen-bond acceptors (Lipinski definition) is 2. The number of amides is 2. The zero-order valence-corrected chi connectivity index (χ0v) is 13.8. The van der Waals surface area contributed by atoms with Crippen LogP contribution in [0, 0.1) is 22.9 Å². The standard InChI is InChI=1S/C17H21F3N2O2/c1-17(2,16(24)22-9-5-3-4-6-10-22)15(23)21-12-8-7-11(18)13(19)14(12)20/h7-8H,3-6,9-10H2,1-2H3,(H,21,23). The van der Waals surface area contributed by atoms with E-state index in [-0.39, 0.29) is 5.91 Å². The SMILES string of the molecule is CC(C)(C(=O)Nc1ccc(F)c(F)c1F)C(=O)N1CCCCCC1. The quantitative estimate of drug-likeness (QED) is 0.675. The molecule has 2 amide bonds. The van der Waals surface area contributed by atoms with Crippen molar-refractivity contribution in [3.05, 3.63) is 29.6 Å². The second kappa shape index (κ2) is 7.23. The first kappa shape index (κ1) is 18.3. The van der Waals surface area contributed by atoms with Gasteiger partial charge in [-0.25, -0.2) is 13.2 Å². The van der Waals surface area contributed by atoms with E-state index in [1.165, 1.54) is 13.8 Å². The highest BCUT2D eigenvalue weighted by atomic mass is 19.2. The molecule has 1 fully saturated rings. The molecule has 0 saturated carbocycles. The third kappa shape index (κ3) is 3.71. The minimum Gasteiger partial charge on any atom is -0.342 e. The van der Waals surface area contributed by atoms with Crippen LogP contribution < -0.4 is 5.32 Å². The van der Waals surface area contributed by atoms with Crippen LogP contribution in [0.4, 0.5) is 18.9 Å². The molecule has 2 rings (SSSR count). The zero-order valence-electron chi connectivity index (χ0n) is 13.8. The van der Waals surface area contributed by atoms with Crippen LogP contribution in [-0.2, 0) is 9.59 Å². The summed E-state index contributed by atoms with van der Waals surface area (Å²) in [5.41, 5.74) is -1.93. The van der Waals surface area contributed by atoms with Crippen molar-refractivity contribution >= 4 is 17.5 Å². The molecule has 1 aliphatic rings. The largest absolute Gasteiger partial charge is 0.342 e. The lowest BCUT2D eigenvalue weighted by Gasteiger charge is -2.30. The lowest BCUT2D eigenvalue weighted by molar-refractivity contribution is -0.146. The summed E-state index contributed by atoms with van der Waals surface area (Å²) in [7, 11) is 0. The average molecular weight is 342 g/mol. The van der Waals surface area contributed by atoms with Crippen LogP contribution in [0.25, 0.3) is 0 Å². The van der Waals surface area contributed by atoms with Crippen molar-refractivity contribution in [2.45, 2.75) is 39.5 Å². The van der Waals surface area contributed by atoms with Gasteiger partial charge in [0, 0.05) is 13.1 Å². The number of nitrogens with zero attached hydrogens (tertiary/aromatic N) is 1. The van der Waals surface area contributed by atoms with Crippen LogP contribution in [-0.4, -0.2) is 29.8 Å². The highest BCUT2D eigenvalue weighted by Crippen LogP contribution is 2.26. The van der Waals surface area contributed by atoms with E-state index in [0.717, 1.165) is 37.8 Å². The first-order chi connectivity index (χ1) is 11.2. The Morgan fingerprint density at radius 3 is 2.17 bits per heavy atom. The van der Waals surface area contributed by atoms with E-state index in [1.807, 2.05) is 0 Å². The number of nitrogens with one attached hydrogen (secondary N) is 1. The minimum absolute atomic E-state index is 0.357. The van der Waals surface area contributed by atoms with Gasteiger partial charge in [0.15, 0.2) is 17.5 Å². The number of anilines is 1. The number of carbonyl (C=O) groups is 2. The Bertz CT molecular complexity index is 639. The van der Waals surface area contributed by atoms with Gasteiger partial charge in [-0.05, 0) is 38.8 Å². The minimum atomic E-state index is -1.66. The average Bonchev–Trinajstić information content (AvgIpc) is 2.83. The summed E-state index contributed by atoms with van der Waals surface area (Å²) < 4.78 is 39.9. The van der Waals surface area contributed by atoms with E-state index in [1.54, 1.807) is 4.90 Å². The summed E-state index contributed by atoms with van der Waals surface area (Å²) in [6.07, 6.45) is 3.83. The first-order valence-electron chi connectivity index (χ1n) is 7.99. The molecular weight excluding hydrogens is 321 g/mol. The number of hydrogen-bond donors (Lipinski definition) is 1. The first-order valence-corrected chi connectivity index (χ1v) is 7.99. The summed E-state index contributed by atoms with van der Waals surface area (Å²) in [5, 5.41) is 2.19. The van der Waals surface area contributed by atoms with Crippen LogP contribution in [0.15, 0.2) is 12.1 Å². The van der Waals surface area contributed by atoms with Crippen LogP contribution >= 0.6 is 0 Å². The molecule has 1 N–H and O–H groups in total. The Hall–Kier alpha value is -2.05. The van der Waals surface area contributed by atoms with Gasteiger partial charge in [0.1, 0.15) is 5.41 Å². The molecule has 7 heteroatoms. The highest BCUT2D eigenvalue weighted by Gasteiger charge is 2.39. The summed E-state index contributed by atoms with van der Waals surface area (Å²) >= 11 is 0. The summed E-state index contributed by atoms with van der Waals surface area (Å²) in [6, 6.07) is 1.65. The van der Waals surface area contributed by atoms with Crippen molar-refractivity contribution in [1.82, 2.24) is 4.90 Å². The van der Waals surface area contributed by atoms with Crippen molar-refractivity contribution < 1.29 is 22.8 Å². The van der Waals surface area contributed by atoms with Crippen LogP contribution in [0.5, 0.6) is 0 Å². The van der Waals surface area contributed by atoms with Crippen LogP contribution in [0.2, 0.25) is 0 Å². The number of rotatable bonds is 3. The Morgan fingerprint density at radius 2 is 1.58 bits per heavy atom. The Labute approximate surface area is 139 Å². The van der Waals surface area contributed by atoms with Crippen molar-refractivity contribution in [3.8, 4) is 0 Å². The molecule has 0 spiro atoms. The van der Waals surface area contributed by atoms with E-state index in [2.05, 4.69) is 5.32 Å². The molecule has 0 radical (unpaired) electrons. The third-order valence-corrected chi connectivity index (χ3v) is 4.28.